The molecule has 134 valence electrons. The number of carbonyl (C=O) groups excluding carboxylic acids is 1. The van der Waals surface area contributed by atoms with E-state index in [0.717, 1.165) is 50.6 Å². The van der Waals surface area contributed by atoms with Crippen molar-refractivity contribution in [2.24, 2.45) is 0 Å². The van der Waals surface area contributed by atoms with Gasteiger partial charge in [0, 0.05) is 50.2 Å². The summed E-state index contributed by atoms with van der Waals surface area (Å²) in [5, 5.41) is 0. The predicted octanol–water partition coefficient (Wildman–Crippen LogP) is 2.44. The lowest BCUT2D eigenvalue weighted by Crippen LogP contribution is -2.40. The fraction of sp³-hybridized carbons (Fsp3) is 0.778. The standard InChI is InChI=1S/C18H30N4OS/c1-2-21-11-7-19-18(21)16-6-5-10-22(14-16)17(23)15-24-13-12-20-8-3-4-9-20/h7,11,16H,2-6,8-10,12-15H2,1H3/t16-/m1/s1. The number of amides is 1. The molecule has 0 aliphatic carbocycles. The Bertz CT molecular complexity index is 527. The first-order valence-electron chi connectivity index (χ1n) is 9.37. The Labute approximate surface area is 149 Å². The molecule has 1 amide bonds. The van der Waals surface area contributed by atoms with Gasteiger partial charge < -0.3 is 14.4 Å². The van der Waals surface area contributed by atoms with Crippen LogP contribution in [0.5, 0.6) is 0 Å². The first-order valence-corrected chi connectivity index (χ1v) is 10.5. The summed E-state index contributed by atoms with van der Waals surface area (Å²) in [6.45, 7) is 8.46. The third-order valence-corrected chi connectivity index (χ3v) is 6.13. The van der Waals surface area contributed by atoms with Gasteiger partial charge in [0.2, 0.25) is 5.91 Å². The highest BCUT2D eigenvalue weighted by Crippen LogP contribution is 2.26. The number of piperidine rings is 1. The highest BCUT2D eigenvalue weighted by atomic mass is 32.2. The monoisotopic (exact) mass is 350 g/mol. The van der Waals surface area contributed by atoms with E-state index in [2.05, 4.69) is 26.3 Å². The first kappa shape index (κ1) is 17.8. The minimum atomic E-state index is 0.306. The van der Waals surface area contributed by atoms with Crippen LogP contribution in [0.3, 0.4) is 0 Å². The van der Waals surface area contributed by atoms with Crippen molar-refractivity contribution < 1.29 is 4.79 Å². The molecular weight excluding hydrogens is 320 g/mol. The average molecular weight is 351 g/mol. The van der Waals surface area contributed by atoms with Crippen molar-refractivity contribution in [2.75, 3.05) is 44.2 Å². The molecule has 0 unspecified atom stereocenters. The second-order valence-corrected chi connectivity index (χ2v) is 7.96. The molecular formula is C18H30N4OS. The van der Waals surface area contributed by atoms with Crippen LogP contribution >= 0.6 is 11.8 Å². The SMILES string of the molecule is CCn1ccnc1[C@@H]1CCCN(C(=O)CSCCN2CCCC2)C1. The lowest BCUT2D eigenvalue weighted by Gasteiger charge is -2.32. The van der Waals surface area contributed by atoms with Gasteiger partial charge in [-0.05, 0) is 45.7 Å². The van der Waals surface area contributed by atoms with E-state index in [9.17, 15) is 4.79 Å². The molecule has 5 nitrogen and oxygen atoms in total. The Kier molecular flexibility index (Phi) is 6.60. The molecule has 1 atom stereocenters. The van der Waals surface area contributed by atoms with E-state index in [1.165, 1.54) is 25.9 Å². The van der Waals surface area contributed by atoms with Crippen molar-refractivity contribution in [3.05, 3.63) is 18.2 Å². The van der Waals surface area contributed by atoms with Gasteiger partial charge in [-0.3, -0.25) is 4.79 Å². The van der Waals surface area contributed by atoms with Crippen molar-refractivity contribution in [1.82, 2.24) is 19.4 Å². The van der Waals surface area contributed by atoms with Crippen LogP contribution in [0.4, 0.5) is 0 Å². The zero-order chi connectivity index (χ0) is 16.8. The van der Waals surface area contributed by atoms with Crippen LogP contribution in [0.25, 0.3) is 0 Å². The fourth-order valence-corrected chi connectivity index (χ4v) is 4.70. The molecule has 6 heteroatoms. The van der Waals surface area contributed by atoms with Crippen LogP contribution in [0.15, 0.2) is 12.4 Å². The van der Waals surface area contributed by atoms with E-state index < -0.39 is 0 Å². The zero-order valence-corrected chi connectivity index (χ0v) is 15.6. The van der Waals surface area contributed by atoms with E-state index in [0.29, 0.717) is 17.6 Å². The van der Waals surface area contributed by atoms with Crippen molar-refractivity contribution in [3.63, 3.8) is 0 Å². The van der Waals surface area contributed by atoms with E-state index in [-0.39, 0.29) is 0 Å². The number of hydrogen-bond acceptors (Lipinski definition) is 4. The minimum absolute atomic E-state index is 0.306. The summed E-state index contributed by atoms with van der Waals surface area (Å²) >= 11 is 1.79. The van der Waals surface area contributed by atoms with E-state index >= 15 is 0 Å². The van der Waals surface area contributed by atoms with E-state index in [1.807, 2.05) is 12.4 Å². The predicted molar refractivity (Wildman–Crippen MR) is 99.5 cm³/mol. The second-order valence-electron chi connectivity index (χ2n) is 6.85. The Hall–Kier alpha value is -1.01. The van der Waals surface area contributed by atoms with Crippen LogP contribution < -0.4 is 0 Å². The summed E-state index contributed by atoms with van der Waals surface area (Å²) in [7, 11) is 0. The number of carbonyl (C=O) groups is 1. The maximum atomic E-state index is 12.5. The van der Waals surface area contributed by atoms with Gasteiger partial charge in [-0.1, -0.05) is 0 Å². The van der Waals surface area contributed by atoms with Gasteiger partial charge in [0.25, 0.3) is 0 Å². The van der Waals surface area contributed by atoms with Gasteiger partial charge in [0.1, 0.15) is 5.82 Å². The molecule has 0 radical (unpaired) electrons. The smallest absolute Gasteiger partial charge is 0.232 e. The maximum Gasteiger partial charge on any atom is 0.232 e. The lowest BCUT2D eigenvalue weighted by molar-refractivity contribution is -0.129. The van der Waals surface area contributed by atoms with Crippen molar-refractivity contribution >= 4 is 17.7 Å². The third kappa shape index (κ3) is 4.54. The zero-order valence-electron chi connectivity index (χ0n) is 14.8. The molecule has 0 bridgehead atoms. The van der Waals surface area contributed by atoms with E-state index in [4.69, 9.17) is 0 Å². The van der Waals surface area contributed by atoms with Crippen molar-refractivity contribution in [2.45, 2.75) is 45.1 Å². The van der Waals surface area contributed by atoms with Gasteiger partial charge in [-0.2, -0.15) is 11.8 Å². The minimum Gasteiger partial charge on any atom is -0.341 e. The Morgan fingerprint density at radius 2 is 2.12 bits per heavy atom. The number of imidazole rings is 1. The molecule has 3 heterocycles. The lowest BCUT2D eigenvalue weighted by atomic mass is 9.97. The number of thioether (sulfide) groups is 1. The molecule has 2 aliphatic heterocycles. The van der Waals surface area contributed by atoms with Crippen LogP contribution in [-0.4, -0.2) is 69.5 Å². The fourth-order valence-electron chi connectivity index (χ4n) is 3.81. The van der Waals surface area contributed by atoms with Gasteiger partial charge in [0.15, 0.2) is 0 Å². The van der Waals surface area contributed by atoms with Crippen molar-refractivity contribution in [1.29, 1.82) is 0 Å². The van der Waals surface area contributed by atoms with Gasteiger partial charge in [-0.25, -0.2) is 4.98 Å². The topological polar surface area (TPSA) is 41.4 Å². The molecule has 0 spiro atoms. The number of aromatic nitrogens is 2. The summed E-state index contributed by atoms with van der Waals surface area (Å²) in [5.74, 6) is 3.55. The molecule has 0 saturated carbocycles. The highest BCUT2D eigenvalue weighted by Gasteiger charge is 2.27. The molecule has 2 saturated heterocycles. The normalized spacial score (nSPS) is 22.2. The van der Waals surface area contributed by atoms with E-state index in [1.54, 1.807) is 11.8 Å². The molecule has 1 aromatic rings. The molecule has 3 rings (SSSR count). The highest BCUT2D eigenvalue weighted by molar-refractivity contribution is 7.99. The summed E-state index contributed by atoms with van der Waals surface area (Å²) < 4.78 is 2.21. The molecule has 2 aliphatic rings. The number of hydrogen-bond donors (Lipinski definition) is 0. The number of aryl methyl sites for hydroxylation is 1. The molecule has 1 aromatic heterocycles. The number of likely N-dealkylation sites (tertiary alicyclic amines) is 2. The first-order chi connectivity index (χ1) is 11.8. The third-order valence-electron chi connectivity index (χ3n) is 5.20. The largest absolute Gasteiger partial charge is 0.341 e. The average Bonchev–Trinajstić information content (AvgIpc) is 3.29. The Morgan fingerprint density at radius 1 is 1.29 bits per heavy atom. The summed E-state index contributed by atoms with van der Waals surface area (Å²) in [5.41, 5.74) is 0. The summed E-state index contributed by atoms with van der Waals surface area (Å²) in [4.78, 5) is 21.6. The van der Waals surface area contributed by atoms with Gasteiger partial charge >= 0.3 is 0 Å². The second kappa shape index (κ2) is 8.90. The molecule has 0 aromatic carbocycles. The van der Waals surface area contributed by atoms with Gasteiger partial charge in [0.05, 0.1) is 5.75 Å². The maximum absolute atomic E-state index is 12.5. The van der Waals surface area contributed by atoms with Crippen LogP contribution in [0.2, 0.25) is 0 Å². The quantitative estimate of drug-likeness (QED) is 0.708. The van der Waals surface area contributed by atoms with Crippen molar-refractivity contribution in [3.8, 4) is 0 Å². The van der Waals surface area contributed by atoms with Gasteiger partial charge in [-0.15, -0.1) is 0 Å². The number of nitrogens with zero attached hydrogens (tertiary/aromatic N) is 4. The Morgan fingerprint density at radius 3 is 2.92 bits per heavy atom. The Balaban J connectivity index is 1.43. The van der Waals surface area contributed by atoms with Crippen LogP contribution in [-0.2, 0) is 11.3 Å². The van der Waals surface area contributed by atoms with Crippen LogP contribution in [0, 0.1) is 0 Å². The number of rotatable bonds is 7. The molecule has 2 fully saturated rings. The summed E-state index contributed by atoms with van der Waals surface area (Å²) in [6.07, 6.45) is 8.84. The molecule has 0 N–H and O–H groups in total. The van der Waals surface area contributed by atoms with Crippen LogP contribution in [0.1, 0.15) is 44.3 Å². The molecule has 24 heavy (non-hydrogen) atoms. The summed E-state index contributed by atoms with van der Waals surface area (Å²) in [6, 6.07) is 0.